The molecule has 0 aromatic heterocycles. The number of halogens is 1. The molecule has 5 heteroatoms. The minimum atomic E-state index is -0.00814. The highest BCUT2D eigenvalue weighted by Crippen LogP contribution is 2.23. The second-order valence-corrected chi connectivity index (χ2v) is 6.01. The monoisotopic (exact) mass is 295 g/mol. The summed E-state index contributed by atoms with van der Waals surface area (Å²) >= 11 is 5.89. The quantitative estimate of drug-likeness (QED) is 0.821. The molecule has 0 radical (unpaired) electrons. The molecule has 0 aliphatic carbocycles. The van der Waals surface area contributed by atoms with E-state index in [0.717, 1.165) is 32.0 Å². The van der Waals surface area contributed by atoms with Crippen molar-refractivity contribution < 1.29 is 4.79 Å². The lowest BCUT2D eigenvalue weighted by molar-refractivity contribution is -0.116. The number of anilines is 2. The van der Waals surface area contributed by atoms with Crippen molar-refractivity contribution in [2.75, 3.05) is 30.7 Å². The van der Waals surface area contributed by atoms with Gasteiger partial charge in [0, 0.05) is 18.0 Å². The smallest absolute Gasteiger partial charge is 0.224 e. The third-order valence-electron chi connectivity index (χ3n) is 3.68. The molecule has 1 aliphatic rings. The van der Waals surface area contributed by atoms with E-state index in [-0.39, 0.29) is 5.91 Å². The number of nitrogens with one attached hydrogen (secondary N) is 1. The van der Waals surface area contributed by atoms with E-state index in [0.29, 0.717) is 22.8 Å². The van der Waals surface area contributed by atoms with Crippen molar-refractivity contribution in [3.8, 4) is 0 Å². The topological polar surface area (TPSA) is 58.4 Å². The van der Waals surface area contributed by atoms with Crippen molar-refractivity contribution in [1.29, 1.82) is 0 Å². The largest absolute Gasteiger partial charge is 0.397 e. The fraction of sp³-hybridized carbons (Fsp3) is 0.533. The Labute approximate surface area is 125 Å². The van der Waals surface area contributed by atoms with Crippen molar-refractivity contribution in [2.45, 2.75) is 26.2 Å². The van der Waals surface area contributed by atoms with Crippen LogP contribution in [0, 0.1) is 5.92 Å². The molecule has 1 amide bonds. The van der Waals surface area contributed by atoms with Crippen molar-refractivity contribution in [1.82, 2.24) is 4.90 Å². The lowest BCUT2D eigenvalue weighted by Crippen LogP contribution is -2.23. The molecule has 1 unspecified atom stereocenters. The van der Waals surface area contributed by atoms with Gasteiger partial charge in [-0.05, 0) is 50.0 Å². The van der Waals surface area contributed by atoms with Crippen LogP contribution in [0.3, 0.4) is 0 Å². The number of rotatable bonds is 5. The van der Waals surface area contributed by atoms with Crippen LogP contribution in [-0.4, -0.2) is 30.4 Å². The molecule has 1 atom stereocenters. The molecule has 1 saturated heterocycles. The first-order valence-corrected chi connectivity index (χ1v) is 7.49. The first kappa shape index (κ1) is 15.1. The van der Waals surface area contributed by atoms with Crippen LogP contribution in [0.5, 0.6) is 0 Å². The molecule has 110 valence electrons. The van der Waals surface area contributed by atoms with Gasteiger partial charge in [0.2, 0.25) is 5.91 Å². The van der Waals surface area contributed by atoms with Crippen molar-refractivity contribution in [3.63, 3.8) is 0 Å². The standard InChI is InChI=1S/C15H22ClN3O/c1-11-6-8-19(10-11)7-2-3-15(20)18-14-9-12(16)4-5-13(14)17/h4-5,9,11H,2-3,6-8,10,17H2,1H3,(H,18,20). The van der Waals surface area contributed by atoms with Gasteiger partial charge in [-0.3, -0.25) is 4.79 Å². The summed E-state index contributed by atoms with van der Waals surface area (Å²) in [5.74, 6) is 0.779. The molecule has 0 spiro atoms. The number of nitrogen functional groups attached to an aromatic ring is 1. The predicted molar refractivity (Wildman–Crippen MR) is 83.9 cm³/mol. The summed E-state index contributed by atoms with van der Waals surface area (Å²) in [7, 11) is 0. The van der Waals surface area contributed by atoms with Crippen molar-refractivity contribution in [2.24, 2.45) is 5.92 Å². The van der Waals surface area contributed by atoms with Gasteiger partial charge in [-0.25, -0.2) is 0 Å². The molecule has 1 aromatic carbocycles. The third kappa shape index (κ3) is 4.39. The lowest BCUT2D eigenvalue weighted by atomic mass is 10.2. The van der Waals surface area contributed by atoms with Gasteiger partial charge in [0.05, 0.1) is 11.4 Å². The fourth-order valence-electron chi connectivity index (χ4n) is 2.54. The molecule has 0 bridgehead atoms. The lowest BCUT2D eigenvalue weighted by Gasteiger charge is -2.15. The number of amides is 1. The summed E-state index contributed by atoms with van der Waals surface area (Å²) in [6, 6.07) is 5.08. The average Bonchev–Trinajstić information content (AvgIpc) is 2.80. The van der Waals surface area contributed by atoms with E-state index in [9.17, 15) is 4.79 Å². The van der Waals surface area contributed by atoms with E-state index in [1.807, 2.05) is 0 Å². The summed E-state index contributed by atoms with van der Waals surface area (Å²) in [4.78, 5) is 14.3. The number of carbonyl (C=O) groups excluding carboxylic acids is 1. The van der Waals surface area contributed by atoms with E-state index in [1.54, 1.807) is 18.2 Å². The molecule has 3 N–H and O–H groups in total. The van der Waals surface area contributed by atoms with E-state index < -0.39 is 0 Å². The van der Waals surface area contributed by atoms with Crippen LogP contribution in [0.2, 0.25) is 5.02 Å². The van der Waals surface area contributed by atoms with Crippen LogP contribution in [0.4, 0.5) is 11.4 Å². The summed E-state index contributed by atoms with van der Waals surface area (Å²) in [5, 5.41) is 3.39. The number of nitrogens with zero attached hydrogens (tertiary/aromatic N) is 1. The maximum Gasteiger partial charge on any atom is 0.224 e. The predicted octanol–water partition coefficient (Wildman–Crippen LogP) is 2.98. The molecule has 4 nitrogen and oxygen atoms in total. The van der Waals surface area contributed by atoms with E-state index >= 15 is 0 Å². The van der Waals surface area contributed by atoms with Crippen LogP contribution in [0.25, 0.3) is 0 Å². The van der Waals surface area contributed by atoms with Gasteiger partial charge in [0.15, 0.2) is 0 Å². The molecular weight excluding hydrogens is 274 g/mol. The SMILES string of the molecule is CC1CCN(CCCC(=O)Nc2cc(Cl)ccc2N)C1. The minimum absolute atomic E-state index is 0.00814. The molecular formula is C15H22ClN3O. The van der Waals surface area contributed by atoms with E-state index in [4.69, 9.17) is 17.3 Å². The van der Waals surface area contributed by atoms with Gasteiger partial charge >= 0.3 is 0 Å². The highest BCUT2D eigenvalue weighted by atomic mass is 35.5. The molecule has 0 saturated carbocycles. The van der Waals surface area contributed by atoms with Gasteiger partial charge in [-0.15, -0.1) is 0 Å². The molecule has 2 rings (SSSR count). The highest BCUT2D eigenvalue weighted by Gasteiger charge is 2.18. The second kappa shape index (κ2) is 6.95. The Balaban J connectivity index is 1.74. The first-order chi connectivity index (χ1) is 9.54. The normalized spacial score (nSPS) is 19.2. The minimum Gasteiger partial charge on any atom is -0.397 e. The van der Waals surface area contributed by atoms with Crippen LogP contribution < -0.4 is 11.1 Å². The molecule has 20 heavy (non-hydrogen) atoms. The summed E-state index contributed by atoms with van der Waals surface area (Å²) < 4.78 is 0. The third-order valence-corrected chi connectivity index (χ3v) is 3.91. The van der Waals surface area contributed by atoms with Crippen molar-refractivity contribution in [3.05, 3.63) is 23.2 Å². The van der Waals surface area contributed by atoms with Crippen molar-refractivity contribution >= 4 is 28.9 Å². The summed E-state index contributed by atoms with van der Waals surface area (Å²) in [6.07, 6.45) is 2.65. The highest BCUT2D eigenvalue weighted by molar-refractivity contribution is 6.31. The molecule has 1 fully saturated rings. The Morgan fingerprint density at radius 1 is 1.55 bits per heavy atom. The first-order valence-electron chi connectivity index (χ1n) is 7.12. The number of benzene rings is 1. The zero-order chi connectivity index (χ0) is 14.5. The van der Waals surface area contributed by atoms with Crippen LogP contribution in [-0.2, 0) is 4.79 Å². The van der Waals surface area contributed by atoms with E-state index in [2.05, 4.69) is 17.1 Å². The van der Waals surface area contributed by atoms with Crippen LogP contribution in [0.15, 0.2) is 18.2 Å². The Kier molecular flexibility index (Phi) is 5.26. The molecule has 1 aromatic rings. The maximum atomic E-state index is 11.9. The number of hydrogen-bond donors (Lipinski definition) is 2. The van der Waals surface area contributed by atoms with Gasteiger partial charge < -0.3 is 16.0 Å². The molecule has 1 aliphatic heterocycles. The van der Waals surface area contributed by atoms with Gasteiger partial charge in [-0.1, -0.05) is 18.5 Å². The Morgan fingerprint density at radius 3 is 3.05 bits per heavy atom. The van der Waals surface area contributed by atoms with Crippen LogP contribution in [0.1, 0.15) is 26.2 Å². The fourth-order valence-corrected chi connectivity index (χ4v) is 2.71. The zero-order valence-corrected chi connectivity index (χ0v) is 12.6. The maximum absolute atomic E-state index is 11.9. The summed E-state index contributed by atoms with van der Waals surface area (Å²) in [6.45, 7) is 5.57. The van der Waals surface area contributed by atoms with Gasteiger partial charge in [0.25, 0.3) is 0 Å². The Morgan fingerprint density at radius 2 is 2.35 bits per heavy atom. The average molecular weight is 296 g/mol. The molecule has 1 heterocycles. The summed E-state index contributed by atoms with van der Waals surface area (Å²) in [5.41, 5.74) is 6.93. The zero-order valence-electron chi connectivity index (χ0n) is 11.9. The van der Waals surface area contributed by atoms with Crippen LogP contribution >= 0.6 is 11.6 Å². The number of carbonyl (C=O) groups is 1. The van der Waals surface area contributed by atoms with E-state index in [1.165, 1.54) is 6.42 Å². The number of likely N-dealkylation sites (tertiary alicyclic amines) is 1. The second-order valence-electron chi connectivity index (χ2n) is 5.58. The number of hydrogen-bond acceptors (Lipinski definition) is 3. The number of nitrogens with two attached hydrogens (primary N) is 1. The Bertz CT molecular complexity index is 478. The van der Waals surface area contributed by atoms with Gasteiger partial charge in [-0.2, -0.15) is 0 Å². The van der Waals surface area contributed by atoms with Gasteiger partial charge in [0.1, 0.15) is 0 Å². The Hall–Kier alpha value is -1.26.